The van der Waals surface area contributed by atoms with Crippen LogP contribution >= 0.6 is 0 Å². The number of nitrogens with one attached hydrogen (secondary N) is 2. The molecule has 0 aliphatic heterocycles. The van der Waals surface area contributed by atoms with E-state index in [1.165, 1.54) is 44.4 Å². The fourth-order valence-electron chi connectivity index (χ4n) is 2.15. The molecule has 27 heavy (non-hydrogen) atoms. The molecule has 0 bridgehead atoms. The van der Waals surface area contributed by atoms with E-state index in [-0.39, 0.29) is 17.1 Å². The molecule has 7 nitrogen and oxygen atoms in total. The summed E-state index contributed by atoms with van der Waals surface area (Å²) < 4.78 is 73.5. The number of sulfonamides is 1. The van der Waals surface area contributed by atoms with E-state index in [4.69, 9.17) is 4.74 Å². The number of hydrogen-bond donors (Lipinski definition) is 2. The van der Waals surface area contributed by atoms with E-state index < -0.39 is 32.9 Å². The van der Waals surface area contributed by atoms with E-state index in [1.54, 1.807) is 0 Å². The maximum Gasteiger partial charge on any atom is 0.573 e. The quantitative estimate of drug-likeness (QED) is 0.770. The zero-order valence-electron chi connectivity index (χ0n) is 14.1. The number of rotatable bonds is 6. The first-order valence-electron chi connectivity index (χ1n) is 7.35. The van der Waals surface area contributed by atoms with Crippen LogP contribution in [-0.2, 0) is 14.8 Å². The molecule has 0 saturated heterocycles. The first-order chi connectivity index (χ1) is 12.5. The van der Waals surface area contributed by atoms with Gasteiger partial charge in [0.25, 0.3) is 10.0 Å². The molecule has 0 saturated carbocycles. The molecule has 0 aliphatic carbocycles. The van der Waals surface area contributed by atoms with E-state index in [0.29, 0.717) is 0 Å². The summed E-state index contributed by atoms with van der Waals surface area (Å²) in [4.78, 5) is 10.6. The van der Waals surface area contributed by atoms with Gasteiger partial charge in [0.1, 0.15) is 16.4 Å². The van der Waals surface area contributed by atoms with Crippen LogP contribution in [0.4, 0.5) is 24.5 Å². The predicted octanol–water partition coefficient (Wildman–Crippen LogP) is 3.35. The molecule has 1 amide bonds. The van der Waals surface area contributed by atoms with Crippen LogP contribution in [-0.4, -0.2) is 27.8 Å². The largest absolute Gasteiger partial charge is 0.573 e. The minimum Gasteiger partial charge on any atom is -0.495 e. The smallest absolute Gasteiger partial charge is 0.495 e. The van der Waals surface area contributed by atoms with Crippen LogP contribution in [0, 0.1) is 0 Å². The third-order valence-electron chi connectivity index (χ3n) is 3.13. The normalized spacial score (nSPS) is 11.6. The lowest BCUT2D eigenvalue weighted by Gasteiger charge is -2.15. The molecular weight excluding hydrogens is 389 g/mol. The number of para-hydroxylation sites is 1. The van der Waals surface area contributed by atoms with Crippen LogP contribution < -0.4 is 19.5 Å². The molecule has 2 aromatic rings. The Labute approximate surface area is 153 Å². The summed E-state index contributed by atoms with van der Waals surface area (Å²) in [7, 11) is -3.05. The van der Waals surface area contributed by atoms with Crippen molar-refractivity contribution in [2.45, 2.75) is 18.2 Å². The number of amides is 1. The Hall–Kier alpha value is -2.95. The topological polar surface area (TPSA) is 93.7 Å². The Bertz CT molecular complexity index is 945. The molecule has 0 unspecified atom stereocenters. The van der Waals surface area contributed by atoms with Gasteiger partial charge < -0.3 is 14.8 Å². The molecular formula is C16H15F3N2O5S. The van der Waals surface area contributed by atoms with E-state index in [2.05, 4.69) is 14.8 Å². The zero-order chi connectivity index (χ0) is 20.2. The number of carbonyl (C=O) groups excluding carboxylic acids is 1. The minimum absolute atomic E-state index is 0.00126. The van der Waals surface area contributed by atoms with Gasteiger partial charge in [-0.1, -0.05) is 12.1 Å². The summed E-state index contributed by atoms with van der Waals surface area (Å²) >= 11 is 0. The van der Waals surface area contributed by atoms with E-state index in [1.807, 2.05) is 0 Å². The van der Waals surface area contributed by atoms with Crippen molar-refractivity contribution in [3.05, 3.63) is 42.5 Å². The van der Waals surface area contributed by atoms with Crippen LogP contribution in [0.2, 0.25) is 0 Å². The average Bonchev–Trinajstić information content (AvgIpc) is 2.53. The number of methoxy groups -OCH3 is 1. The maximum atomic E-state index is 12.5. The van der Waals surface area contributed by atoms with Crippen molar-refractivity contribution in [2.24, 2.45) is 0 Å². The number of halogens is 3. The van der Waals surface area contributed by atoms with Gasteiger partial charge in [0.2, 0.25) is 5.91 Å². The van der Waals surface area contributed by atoms with Crippen LogP contribution in [0.3, 0.4) is 0 Å². The summed E-state index contributed by atoms with van der Waals surface area (Å²) in [6, 6.07) is 8.32. The third kappa shape index (κ3) is 5.51. The molecule has 0 radical (unpaired) electrons. The van der Waals surface area contributed by atoms with Gasteiger partial charge >= 0.3 is 6.36 Å². The minimum atomic E-state index is -5.05. The standard InChI is InChI=1S/C16H15F3N2O5S/c1-10(22)20-12-9-11(7-8-13(12)25-2)21-27(23,24)15-6-4-3-5-14(15)26-16(17,18)19/h3-9,21H,1-2H3,(H,20,22). The highest BCUT2D eigenvalue weighted by atomic mass is 32.2. The molecule has 0 heterocycles. The van der Waals surface area contributed by atoms with Gasteiger partial charge in [0.05, 0.1) is 18.5 Å². The van der Waals surface area contributed by atoms with Gasteiger partial charge in [-0.25, -0.2) is 8.42 Å². The average molecular weight is 404 g/mol. The molecule has 2 rings (SSSR count). The van der Waals surface area contributed by atoms with E-state index in [0.717, 1.165) is 12.1 Å². The van der Waals surface area contributed by atoms with Crippen molar-refractivity contribution in [1.29, 1.82) is 0 Å². The van der Waals surface area contributed by atoms with Crippen molar-refractivity contribution in [2.75, 3.05) is 17.1 Å². The Morgan fingerprint density at radius 1 is 1.07 bits per heavy atom. The first-order valence-corrected chi connectivity index (χ1v) is 8.83. The second kappa shape index (κ2) is 7.74. The lowest BCUT2D eigenvalue weighted by molar-refractivity contribution is -0.275. The van der Waals surface area contributed by atoms with Crippen molar-refractivity contribution >= 4 is 27.3 Å². The summed E-state index contributed by atoms with van der Waals surface area (Å²) in [5, 5.41) is 2.46. The van der Waals surface area contributed by atoms with Crippen molar-refractivity contribution < 1.29 is 35.9 Å². The summed E-state index contributed by atoms with van der Waals surface area (Å²) in [5.74, 6) is -1.01. The van der Waals surface area contributed by atoms with Gasteiger partial charge in [-0.15, -0.1) is 13.2 Å². The number of benzene rings is 2. The first kappa shape index (κ1) is 20.4. The Morgan fingerprint density at radius 3 is 2.33 bits per heavy atom. The van der Waals surface area contributed by atoms with E-state index in [9.17, 15) is 26.4 Å². The molecule has 0 spiro atoms. The fourth-order valence-corrected chi connectivity index (χ4v) is 3.33. The number of hydrogen-bond acceptors (Lipinski definition) is 5. The molecule has 11 heteroatoms. The molecule has 0 fully saturated rings. The third-order valence-corrected chi connectivity index (χ3v) is 4.55. The zero-order valence-corrected chi connectivity index (χ0v) is 14.9. The Kier molecular flexibility index (Phi) is 5.84. The van der Waals surface area contributed by atoms with Gasteiger partial charge in [-0.05, 0) is 30.3 Å². The molecule has 0 atom stereocenters. The summed E-state index contributed by atoms with van der Waals surface area (Å²) in [6.45, 7) is 1.25. The van der Waals surface area contributed by atoms with Crippen molar-refractivity contribution in [1.82, 2.24) is 0 Å². The van der Waals surface area contributed by atoms with E-state index >= 15 is 0 Å². The number of carbonyl (C=O) groups is 1. The van der Waals surface area contributed by atoms with Gasteiger partial charge in [-0.2, -0.15) is 0 Å². The lowest BCUT2D eigenvalue weighted by Crippen LogP contribution is -2.21. The number of anilines is 2. The molecule has 0 aromatic heterocycles. The van der Waals surface area contributed by atoms with Crippen LogP contribution in [0.5, 0.6) is 11.5 Å². The van der Waals surface area contributed by atoms with Gasteiger partial charge in [0, 0.05) is 6.92 Å². The number of ether oxygens (including phenoxy) is 2. The van der Waals surface area contributed by atoms with Crippen molar-refractivity contribution in [3.63, 3.8) is 0 Å². The number of alkyl halides is 3. The predicted molar refractivity (Wildman–Crippen MR) is 91.2 cm³/mol. The summed E-state index contributed by atoms with van der Waals surface area (Å²) in [6.07, 6.45) is -5.05. The van der Waals surface area contributed by atoms with Crippen LogP contribution in [0.1, 0.15) is 6.92 Å². The highest BCUT2D eigenvalue weighted by molar-refractivity contribution is 7.92. The Morgan fingerprint density at radius 2 is 1.74 bits per heavy atom. The SMILES string of the molecule is COc1ccc(NS(=O)(=O)c2ccccc2OC(F)(F)F)cc1NC(C)=O. The molecule has 0 aliphatic rings. The summed E-state index contributed by atoms with van der Waals surface area (Å²) in [5.41, 5.74) is 0.186. The highest BCUT2D eigenvalue weighted by Gasteiger charge is 2.34. The highest BCUT2D eigenvalue weighted by Crippen LogP contribution is 2.32. The monoisotopic (exact) mass is 404 g/mol. The van der Waals surface area contributed by atoms with Crippen LogP contribution in [0.15, 0.2) is 47.4 Å². The fraction of sp³-hybridized carbons (Fsp3) is 0.188. The van der Waals surface area contributed by atoms with Crippen molar-refractivity contribution in [3.8, 4) is 11.5 Å². The maximum absolute atomic E-state index is 12.5. The second-order valence-corrected chi connectivity index (χ2v) is 6.85. The second-order valence-electron chi connectivity index (χ2n) is 5.20. The molecule has 146 valence electrons. The Balaban J connectivity index is 2.39. The molecule has 2 N–H and O–H groups in total. The lowest BCUT2D eigenvalue weighted by atomic mass is 10.2. The van der Waals surface area contributed by atoms with Gasteiger partial charge in [0.15, 0.2) is 0 Å². The van der Waals surface area contributed by atoms with Crippen LogP contribution in [0.25, 0.3) is 0 Å². The molecule has 2 aromatic carbocycles. The van der Waals surface area contributed by atoms with Gasteiger partial charge in [-0.3, -0.25) is 9.52 Å².